The average molecular weight is 209 g/mol. The van der Waals surface area contributed by atoms with E-state index in [0.717, 1.165) is 20.4 Å². The molecule has 0 aromatic heterocycles. The second-order valence-corrected chi connectivity index (χ2v) is 6.07. The fraction of sp³-hybridized carbons (Fsp3) is 1.00. The van der Waals surface area contributed by atoms with Gasteiger partial charge in [0.15, 0.2) is 0 Å². The van der Waals surface area contributed by atoms with Gasteiger partial charge in [0, 0.05) is 6.04 Å². The van der Waals surface area contributed by atoms with Crippen molar-refractivity contribution >= 4 is 26.7 Å². The molecule has 4 heteroatoms. The maximum Gasteiger partial charge on any atom is 0.0170 e. The molecule has 11 heavy (non-hydrogen) atoms. The van der Waals surface area contributed by atoms with Crippen LogP contribution in [-0.4, -0.2) is 10.5 Å². The molecule has 1 aliphatic carbocycles. The summed E-state index contributed by atoms with van der Waals surface area (Å²) in [7, 11) is 6.51. The van der Waals surface area contributed by atoms with Crippen LogP contribution in [0.4, 0.5) is 0 Å². The molecule has 0 N–H and O–H groups in total. The van der Waals surface area contributed by atoms with Gasteiger partial charge in [-0.25, -0.2) is 0 Å². The van der Waals surface area contributed by atoms with E-state index >= 15 is 0 Å². The predicted molar refractivity (Wildman–Crippen MR) is 61.0 cm³/mol. The summed E-state index contributed by atoms with van der Waals surface area (Å²) in [6, 6.07) is 0.840. The monoisotopic (exact) mass is 209 g/mol. The molecule has 0 bridgehead atoms. The first-order valence-corrected chi connectivity index (χ1v) is 7.51. The molecule has 1 saturated carbocycles. The van der Waals surface area contributed by atoms with E-state index in [1.54, 1.807) is 0 Å². The number of hydrogen-bond donors (Lipinski definition) is 0. The molecule has 3 unspecified atom stereocenters. The smallest absolute Gasteiger partial charge is 0.0170 e. The van der Waals surface area contributed by atoms with Crippen LogP contribution in [0.25, 0.3) is 0 Å². The zero-order valence-corrected chi connectivity index (χ0v) is 10.4. The van der Waals surface area contributed by atoms with E-state index in [1.807, 2.05) is 0 Å². The molecule has 0 aromatic rings. The molecule has 0 aliphatic heterocycles. The van der Waals surface area contributed by atoms with E-state index in [4.69, 9.17) is 0 Å². The van der Waals surface area contributed by atoms with Crippen molar-refractivity contribution in [2.45, 2.75) is 38.6 Å². The third-order valence-corrected chi connectivity index (χ3v) is 5.85. The van der Waals surface area contributed by atoms with Crippen molar-refractivity contribution in [2.24, 2.45) is 5.92 Å². The Bertz CT molecular complexity index is 112. The van der Waals surface area contributed by atoms with E-state index in [1.165, 1.54) is 25.7 Å². The van der Waals surface area contributed by atoms with Gasteiger partial charge in [-0.1, -0.05) is 25.2 Å². The van der Waals surface area contributed by atoms with Crippen LogP contribution in [0.1, 0.15) is 32.6 Å². The van der Waals surface area contributed by atoms with Crippen molar-refractivity contribution in [1.29, 1.82) is 0 Å². The quantitative estimate of drug-likeness (QED) is 0.632. The third kappa shape index (κ3) is 3.23. The van der Waals surface area contributed by atoms with E-state index in [0.29, 0.717) is 0 Å². The largest absolute Gasteiger partial charge is 0.262 e. The molecule has 66 valence electrons. The standard InChI is InChI=1S/C7H18NP3/c1-6-2-4-7(5-3-6)8(9)11-10/h6-7,11H,2-5,9-10H2,1H3. The number of rotatable bonds is 2. The van der Waals surface area contributed by atoms with Crippen molar-refractivity contribution in [2.75, 3.05) is 0 Å². The Morgan fingerprint density at radius 2 is 1.82 bits per heavy atom. The van der Waals surface area contributed by atoms with Crippen LogP contribution in [-0.2, 0) is 0 Å². The molecule has 0 amide bonds. The first-order chi connectivity index (χ1) is 5.24. The van der Waals surface area contributed by atoms with Crippen LogP contribution < -0.4 is 0 Å². The Labute approximate surface area is 76.3 Å². The van der Waals surface area contributed by atoms with Crippen molar-refractivity contribution in [3.05, 3.63) is 0 Å². The van der Waals surface area contributed by atoms with Gasteiger partial charge in [0.1, 0.15) is 0 Å². The minimum absolute atomic E-state index is 0.840. The van der Waals surface area contributed by atoms with Crippen LogP contribution in [0, 0.1) is 5.92 Å². The molecule has 0 heterocycles. The van der Waals surface area contributed by atoms with Gasteiger partial charge in [0.05, 0.1) is 0 Å². The summed E-state index contributed by atoms with van der Waals surface area (Å²) in [5.74, 6) is 0.970. The Hall–Kier alpha value is 1.25. The maximum absolute atomic E-state index is 2.84. The topological polar surface area (TPSA) is 3.24 Å². The lowest BCUT2D eigenvalue weighted by Crippen LogP contribution is -2.24. The Balaban J connectivity index is 2.27. The highest BCUT2D eigenvalue weighted by molar-refractivity contribution is 8.02. The molecule has 1 rings (SSSR count). The molecular formula is C7H18NP3. The van der Waals surface area contributed by atoms with Gasteiger partial charge in [0.25, 0.3) is 0 Å². The summed E-state index contributed by atoms with van der Waals surface area (Å²) < 4.78 is 2.40. The van der Waals surface area contributed by atoms with Crippen molar-refractivity contribution in [3.8, 4) is 0 Å². The minimum Gasteiger partial charge on any atom is -0.262 e. The minimum atomic E-state index is 0.840. The summed E-state index contributed by atoms with van der Waals surface area (Å²) in [5, 5.41) is 0. The SMILES string of the molecule is CC1CCC(N(P)PP)CC1. The van der Waals surface area contributed by atoms with Crippen LogP contribution >= 0.6 is 26.7 Å². The van der Waals surface area contributed by atoms with Gasteiger partial charge in [-0.3, -0.25) is 4.44 Å². The van der Waals surface area contributed by atoms with Gasteiger partial charge in [-0.15, -0.1) is 0 Å². The summed E-state index contributed by atoms with van der Waals surface area (Å²) in [6.45, 7) is 2.37. The lowest BCUT2D eigenvalue weighted by molar-refractivity contribution is 0.296. The second-order valence-electron chi connectivity index (χ2n) is 3.45. The van der Waals surface area contributed by atoms with Gasteiger partial charge >= 0.3 is 0 Å². The molecular weight excluding hydrogens is 191 g/mol. The fourth-order valence-electron chi connectivity index (χ4n) is 1.63. The van der Waals surface area contributed by atoms with Gasteiger partial charge in [-0.2, -0.15) is 0 Å². The first-order valence-electron chi connectivity index (χ1n) is 4.24. The molecule has 0 saturated heterocycles. The van der Waals surface area contributed by atoms with Crippen LogP contribution in [0.2, 0.25) is 0 Å². The molecule has 3 atom stereocenters. The van der Waals surface area contributed by atoms with E-state index in [2.05, 4.69) is 29.7 Å². The molecule has 1 fully saturated rings. The summed E-state index contributed by atoms with van der Waals surface area (Å²) in [6.07, 6.45) is 5.63. The molecule has 0 aromatic carbocycles. The van der Waals surface area contributed by atoms with Crippen LogP contribution in [0.3, 0.4) is 0 Å². The highest BCUT2D eigenvalue weighted by Gasteiger charge is 2.20. The normalized spacial score (nSPS) is 33.8. The average Bonchev–Trinajstić information content (AvgIpc) is 2.05. The van der Waals surface area contributed by atoms with E-state index < -0.39 is 0 Å². The Kier molecular flexibility index (Phi) is 4.77. The summed E-state index contributed by atoms with van der Waals surface area (Å²) in [4.78, 5) is 0. The highest BCUT2D eigenvalue weighted by atomic mass is 32.0. The molecule has 1 nitrogen and oxygen atoms in total. The van der Waals surface area contributed by atoms with Gasteiger partial charge in [-0.05, 0) is 40.0 Å². The van der Waals surface area contributed by atoms with Crippen molar-refractivity contribution < 1.29 is 0 Å². The van der Waals surface area contributed by atoms with Crippen molar-refractivity contribution in [3.63, 3.8) is 0 Å². The molecule has 0 spiro atoms. The first kappa shape index (κ1) is 10.3. The Morgan fingerprint density at radius 3 is 2.27 bits per heavy atom. The van der Waals surface area contributed by atoms with E-state index in [9.17, 15) is 0 Å². The third-order valence-electron chi connectivity index (χ3n) is 2.53. The number of nitrogens with zero attached hydrogens (tertiary/aromatic N) is 1. The zero-order valence-electron chi connectivity index (χ0n) is 7.09. The zero-order chi connectivity index (χ0) is 8.27. The molecule has 1 aliphatic rings. The van der Waals surface area contributed by atoms with Crippen molar-refractivity contribution in [1.82, 2.24) is 4.44 Å². The van der Waals surface area contributed by atoms with E-state index in [-0.39, 0.29) is 0 Å². The number of hydrogen-bond acceptors (Lipinski definition) is 1. The lowest BCUT2D eigenvalue weighted by Gasteiger charge is -2.32. The lowest BCUT2D eigenvalue weighted by atomic mass is 9.88. The second kappa shape index (κ2) is 5.08. The van der Waals surface area contributed by atoms with Gasteiger partial charge in [0.2, 0.25) is 0 Å². The predicted octanol–water partition coefficient (Wildman–Crippen LogP) is 3.04. The fourth-order valence-corrected chi connectivity index (χ4v) is 3.03. The Morgan fingerprint density at radius 1 is 1.27 bits per heavy atom. The summed E-state index contributed by atoms with van der Waals surface area (Å²) >= 11 is 0. The van der Waals surface area contributed by atoms with Gasteiger partial charge < -0.3 is 0 Å². The maximum atomic E-state index is 2.84. The summed E-state index contributed by atoms with van der Waals surface area (Å²) in [5.41, 5.74) is 0. The van der Waals surface area contributed by atoms with Crippen LogP contribution in [0.5, 0.6) is 0 Å². The molecule has 0 radical (unpaired) electrons. The van der Waals surface area contributed by atoms with Crippen LogP contribution in [0.15, 0.2) is 0 Å². The highest BCUT2D eigenvalue weighted by Crippen LogP contribution is 2.38.